The lowest BCUT2D eigenvalue weighted by molar-refractivity contribution is -0.385. The molecule has 8 nitrogen and oxygen atoms in total. The average Bonchev–Trinajstić information content (AvgIpc) is 3.21. The second kappa shape index (κ2) is 8.13. The fraction of sp³-hybridized carbons (Fsp3) is 0.158. The number of amides is 1. The van der Waals surface area contributed by atoms with E-state index in [1.807, 2.05) is 42.0 Å². The highest BCUT2D eigenvalue weighted by Crippen LogP contribution is 2.25. The molecule has 1 aromatic heterocycles. The zero-order valence-electron chi connectivity index (χ0n) is 14.6. The maximum absolute atomic E-state index is 12.1. The normalized spacial score (nSPS) is 11.6. The first-order chi connectivity index (χ1) is 13.0. The molecule has 0 fully saturated rings. The molecular weight excluding hydrogens is 348 g/mol. The van der Waals surface area contributed by atoms with Crippen LogP contribution in [0.15, 0.2) is 67.3 Å². The Bertz CT molecular complexity index is 923. The predicted octanol–water partition coefficient (Wildman–Crippen LogP) is 3.04. The third kappa shape index (κ3) is 4.49. The van der Waals surface area contributed by atoms with Gasteiger partial charge in [0.05, 0.1) is 17.3 Å². The number of hydrogen-bond donors (Lipinski definition) is 1. The van der Waals surface area contributed by atoms with Crippen LogP contribution < -0.4 is 10.1 Å². The molecular formula is C19H18N4O4. The Morgan fingerprint density at radius 2 is 2.00 bits per heavy atom. The summed E-state index contributed by atoms with van der Waals surface area (Å²) in [5.74, 6) is -0.297. The minimum absolute atomic E-state index is 0.0648. The minimum atomic E-state index is -0.544. The Morgan fingerprint density at radius 3 is 2.67 bits per heavy atom. The highest BCUT2D eigenvalue weighted by molar-refractivity contribution is 5.78. The summed E-state index contributed by atoms with van der Waals surface area (Å²) >= 11 is 0. The summed E-state index contributed by atoms with van der Waals surface area (Å²) in [5, 5.41) is 13.8. The van der Waals surface area contributed by atoms with Crippen molar-refractivity contribution in [3.05, 3.63) is 82.9 Å². The maximum Gasteiger partial charge on any atom is 0.310 e. The van der Waals surface area contributed by atoms with Crippen molar-refractivity contribution in [1.29, 1.82) is 0 Å². The Labute approximate surface area is 155 Å². The Balaban J connectivity index is 1.57. The number of ether oxygens (including phenoxy) is 1. The van der Waals surface area contributed by atoms with Crippen LogP contribution >= 0.6 is 0 Å². The van der Waals surface area contributed by atoms with E-state index >= 15 is 0 Å². The van der Waals surface area contributed by atoms with Crippen LogP contribution in [0.1, 0.15) is 18.5 Å². The smallest absolute Gasteiger partial charge is 0.310 e. The van der Waals surface area contributed by atoms with Crippen molar-refractivity contribution in [2.75, 3.05) is 6.61 Å². The van der Waals surface area contributed by atoms with Crippen molar-refractivity contribution in [1.82, 2.24) is 14.9 Å². The number of rotatable bonds is 7. The fourth-order valence-electron chi connectivity index (χ4n) is 2.59. The first-order valence-corrected chi connectivity index (χ1v) is 8.28. The van der Waals surface area contributed by atoms with Gasteiger partial charge in [0.25, 0.3) is 5.91 Å². The van der Waals surface area contributed by atoms with E-state index in [1.165, 1.54) is 12.1 Å². The first kappa shape index (κ1) is 18.1. The fourth-order valence-corrected chi connectivity index (χ4v) is 2.59. The van der Waals surface area contributed by atoms with Gasteiger partial charge in [-0.1, -0.05) is 24.3 Å². The van der Waals surface area contributed by atoms with Crippen molar-refractivity contribution in [3.8, 4) is 11.4 Å². The Hall–Kier alpha value is -3.68. The van der Waals surface area contributed by atoms with E-state index in [2.05, 4.69) is 10.3 Å². The maximum atomic E-state index is 12.1. The molecule has 138 valence electrons. The lowest BCUT2D eigenvalue weighted by Gasteiger charge is -2.15. The summed E-state index contributed by atoms with van der Waals surface area (Å²) in [4.78, 5) is 26.5. The number of hydrogen-bond acceptors (Lipinski definition) is 5. The van der Waals surface area contributed by atoms with Gasteiger partial charge in [-0.2, -0.15) is 0 Å². The van der Waals surface area contributed by atoms with E-state index in [4.69, 9.17) is 4.74 Å². The van der Waals surface area contributed by atoms with Crippen LogP contribution in [0.3, 0.4) is 0 Å². The van der Waals surface area contributed by atoms with E-state index in [0.717, 1.165) is 11.3 Å². The van der Waals surface area contributed by atoms with E-state index in [1.54, 1.807) is 24.7 Å². The monoisotopic (exact) mass is 366 g/mol. The number of nitrogens with one attached hydrogen (secondary N) is 1. The summed E-state index contributed by atoms with van der Waals surface area (Å²) in [7, 11) is 0. The molecule has 0 aliphatic rings. The molecule has 0 saturated carbocycles. The number of nitrogens with zero attached hydrogens (tertiary/aromatic N) is 3. The second-order valence-electron chi connectivity index (χ2n) is 5.86. The molecule has 1 amide bonds. The SMILES string of the molecule is C[C@@H](NC(=O)COc1ccccc1[N+](=O)[O-])c1ccc(-n2ccnc2)cc1. The molecule has 3 aromatic rings. The van der Waals surface area contributed by atoms with Crippen molar-refractivity contribution in [3.63, 3.8) is 0 Å². The Kier molecular flexibility index (Phi) is 5.46. The van der Waals surface area contributed by atoms with Gasteiger partial charge in [0.15, 0.2) is 12.4 Å². The molecule has 3 rings (SSSR count). The molecule has 0 bridgehead atoms. The third-order valence-corrected chi connectivity index (χ3v) is 3.99. The number of benzene rings is 2. The van der Waals surface area contributed by atoms with Gasteiger partial charge in [0, 0.05) is 24.1 Å². The van der Waals surface area contributed by atoms with E-state index in [9.17, 15) is 14.9 Å². The lowest BCUT2D eigenvalue weighted by Crippen LogP contribution is -2.31. The van der Waals surface area contributed by atoms with Crippen LogP contribution in [0.25, 0.3) is 5.69 Å². The molecule has 0 saturated heterocycles. The average molecular weight is 366 g/mol. The molecule has 0 radical (unpaired) electrons. The number of carbonyl (C=O) groups excluding carboxylic acids is 1. The second-order valence-corrected chi connectivity index (χ2v) is 5.86. The largest absolute Gasteiger partial charge is 0.477 e. The molecule has 2 aromatic carbocycles. The van der Waals surface area contributed by atoms with Gasteiger partial charge in [-0.05, 0) is 30.7 Å². The number of nitro groups is 1. The van der Waals surface area contributed by atoms with Crippen LogP contribution in [0.5, 0.6) is 5.75 Å². The number of para-hydroxylation sites is 2. The number of nitro benzene ring substituents is 1. The summed E-state index contributed by atoms with van der Waals surface area (Å²) < 4.78 is 7.18. The summed E-state index contributed by atoms with van der Waals surface area (Å²) in [6, 6.07) is 13.4. The highest BCUT2D eigenvalue weighted by Gasteiger charge is 2.16. The van der Waals surface area contributed by atoms with Crippen molar-refractivity contribution < 1.29 is 14.5 Å². The first-order valence-electron chi connectivity index (χ1n) is 8.28. The molecule has 27 heavy (non-hydrogen) atoms. The van der Waals surface area contributed by atoms with Gasteiger partial charge in [0.2, 0.25) is 0 Å². The predicted molar refractivity (Wildman–Crippen MR) is 98.7 cm³/mol. The summed E-state index contributed by atoms with van der Waals surface area (Å²) in [5.41, 5.74) is 1.72. The van der Waals surface area contributed by atoms with Gasteiger partial charge < -0.3 is 14.6 Å². The van der Waals surface area contributed by atoms with Crippen molar-refractivity contribution in [2.24, 2.45) is 0 Å². The van der Waals surface area contributed by atoms with E-state index in [-0.39, 0.29) is 30.0 Å². The summed E-state index contributed by atoms with van der Waals surface area (Å²) in [6.45, 7) is 1.55. The molecule has 0 spiro atoms. The third-order valence-electron chi connectivity index (χ3n) is 3.99. The van der Waals surface area contributed by atoms with Crippen molar-refractivity contribution >= 4 is 11.6 Å². The van der Waals surface area contributed by atoms with Gasteiger partial charge >= 0.3 is 5.69 Å². The lowest BCUT2D eigenvalue weighted by atomic mass is 10.1. The van der Waals surface area contributed by atoms with Crippen LogP contribution in [0.4, 0.5) is 5.69 Å². The molecule has 1 N–H and O–H groups in total. The number of aromatic nitrogens is 2. The van der Waals surface area contributed by atoms with Crippen LogP contribution in [-0.4, -0.2) is 27.0 Å². The molecule has 8 heteroatoms. The molecule has 0 aliphatic heterocycles. The zero-order chi connectivity index (χ0) is 19.2. The quantitative estimate of drug-likeness (QED) is 0.512. The standard InChI is InChI=1S/C19H18N4O4/c1-14(15-6-8-16(9-7-15)22-11-10-20-13-22)21-19(24)12-27-18-5-3-2-4-17(18)23(25)26/h2-11,13-14H,12H2,1H3,(H,21,24)/t14-/m1/s1. The van der Waals surface area contributed by atoms with E-state index < -0.39 is 4.92 Å². The topological polar surface area (TPSA) is 99.3 Å². The highest BCUT2D eigenvalue weighted by atomic mass is 16.6. The van der Waals surface area contributed by atoms with Crippen molar-refractivity contribution in [2.45, 2.75) is 13.0 Å². The van der Waals surface area contributed by atoms with Gasteiger partial charge in [-0.3, -0.25) is 14.9 Å². The molecule has 1 heterocycles. The number of carbonyl (C=O) groups is 1. The van der Waals surface area contributed by atoms with Gasteiger partial charge in [-0.25, -0.2) is 4.98 Å². The minimum Gasteiger partial charge on any atom is -0.477 e. The molecule has 0 aliphatic carbocycles. The van der Waals surface area contributed by atoms with Gasteiger partial charge in [-0.15, -0.1) is 0 Å². The summed E-state index contributed by atoms with van der Waals surface area (Å²) in [6.07, 6.45) is 5.26. The van der Waals surface area contributed by atoms with Gasteiger partial charge in [0.1, 0.15) is 0 Å². The Morgan fingerprint density at radius 1 is 1.26 bits per heavy atom. The molecule has 0 unspecified atom stereocenters. The number of imidazole rings is 1. The van der Waals surface area contributed by atoms with Crippen LogP contribution in [0, 0.1) is 10.1 Å². The van der Waals surface area contributed by atoms with Crippen LogP contribution in [0.2, 0.25) is 0 Å². The van der Waals surface area contributed by atoms with E-state index in [0.29, 0.717) is 0 Å². The zero-order valence-corrected chi connectivity index (χ0v) is 14.6. The molecule has 1 atom stereocenters. The van der Waals surface area contributed by atoms with Crippen LogP contribution in [-0.2, 0) is 4.79 Å².